The second kappa shape index (κ2) is 6.13. The summed E-state index contributed by atoms with van der Waals surface area (Å²) in [5.41, 5.74) is -0.746. The zero-order valence-electron chi connectivity index (χ0n) is 14.1. The number of carbonyl (C=O) groups is 3. The van der Waals surface area contributed by atoms with Crippen molar-refractivity contribution in [2.45, 2.75) is 82.8 Å². The standard InChI is InChI=1S/C17H27N3O3/c1-11-7-3-4-8-13(11)18-14(21)12(2)20-15(22)17(19-16(20)23)9-5-6-10-17/h11-13H,3-10H2,1-2H3,(H,18,21)(H,19,23). The van der Waals surface area contributed by atoms with Crippen molar-refractivity contribution in [3.63, 3.8) is 0 Å². The highest BCUT2D eigenvalue weighted by Crippen LogP contribution is 2.35. The Bertz CT molecular complexity index is 513. The van der Waals surface area contributed by atoms with Crippen LogP contribution >= 0.6 is 0 Å². The molecule has 4 amide bonds. The van der Waals surface area contributed by atoms with Crippen LogP contribution in [-0.2, 0) is 9.59 Å². The Hall–Kier alpha value is -1.59. The van der Waals surface area contributed by atoms with Crippen LogP contribution in [-0.4, -0.2) is 40.4 Å². The molecule has 23 heavy (non-hydrogen) atoms. The zero-order valence-corrected chi connectivity index (χ0v) is 14.1. The molecule has 3 fully saturated rings. The van der Waals surface area contributed by atoms with Crippen LogP contribution in [0.4, 0.5) is 4.79 Å². The fourth-order valence-corrected chi connectivity index (χ4v) is 4.26. The molecule has 2 saturated carbocycles. The van der Waals surface area contributed by atoms with Gasteiger partial charge in [-0.3, -0.25) is 9.59 Å². The quantitative estimate of drug-likeness (QED) is 0.780. The summed E-state index contributed by atoms with van der Waals surface area (Å²) in [5, 5.41) is 5.89. The van der Waals surface area contributed by atoms with Crippen molar-refractivity contribution in [1.82, 2.24) is 15.5 Å². The maximum atomic E-state index is 12.7. The lowest BCUT2D eigenvalue weighted by atomic mass is 9.86. The Labute approximate surface area is 137 Å². The summed E-state index contributed by atoms with van der Waals surface area (Å²) in [7, 11) is 0. The number of nitrogens with zero attached hydrogens (tertiary/aromatic N) is 1. The highest BCUT2D eigenvalue weighted by molar-refractivity contribution is 6.09. The van der Waals surface area contributed by atoms with Crippen molar-refractivity contribution in [3.8, 4) is 0 Å². The number of hydrogen-bond donors (Lipinski definition) is 2. The summed E-state index contributed by atoms with van der Waals surface area (Å²) in [5.74, 6) is 0.00539. The minimum atomic E-state index is -0.753. The zero-order chi connectivity index (χ0) is 16.6. The average Bonchev–Trinajstić information content (AvgIpc) is 3.07. The van der Waals surface area contributed by atoms with Gasteiger partial charge >= 0.3 is 6.03 Å². The molecule has 1 spiro atoms. The summed E-state index contributed by atoms with van der Waals surface area (Å²) in [6.45, 7) is 3.80. The molecular formula is C17H27N3O3. The van der Waals surface area contributed by atoms with Gasteiger partial charge in [0.2, 0.25) is 5.91 Å². The molecule has 0 aromatic carbocycles. The van der Waals surface area contributed by atoms with E-state index in [4.69, 9.17) is 0 Å². The number of urea groups is 1. The number of hydrogen-bond acceptors (Lipinski definition) is 3. The Kier molecular flexibility index (Phi) is 4.34. The van der Waals surface area contributed by atoms with Crippen molar-refractivity contribution >= 4 is 17.8 Å². The first-order valence-electron chi connectivity index (χ1n) is 8.91. The molecular weight excluding hydrogens is 294 g/mol. The predicted octanol–water partition coefficient (Wildman–Crippen LogP) is 1.93. The number of imide groups is 1. The molecule has 6 heteroatoms. The van der Waals surface area contributed by atoms with E-state index in [1.165, 1.54) is 6.42 Å². The fraction of sp³-hybridized carbons (Fsp3) is 0.824. The van der Waals surface area contributed by atoms with Gasteiger partial charge in [-0.2, -0.15) is 0 Å². The Morgan fingerprint density at radius 1 is 1.22 bits per heavy atom. The third kappa shape index (κ3) is 2.83. The molecule has 3 unspecified atom stereocenters. The van der Waals surface area contributed by atoms with Gasteiger partial charge in [-0.1, -0.05) is 32.6 Å². The number of rotatable bonds is 3. The largest absolute Gasteiger partial charge is 0.351 e. The highest BCUT2D eigenvalue weighted by atomic mass is 16.2. The predicted molar refractivity (Wildman–Crippen MR) is 85.6 cm³/mol. The molecule has 0 aromatic rings. The normalized spacial score (nSPS) is 31.3. The van der Waals surface area contributed by atoms with E-state index in [0.717, 1.165) is 37.0 Å². The molecule has 2 N–H and O–H groups in total. The van der Waals surface area contributed by atoms with Crippen LogP contribution in [0.15, 0.2) is 0 Å². The van der Waals surface area contributed by atoms with E-state index < -0.39 is 17.6 Å². The van der Waals surface area contributed by atoms with Gasteiger partial charge in [-0.25, -0.2) is 9.69 Å². The molecule has 2 aliphatic carbocycles. The summed E-state index contributed by atoms with van der Waals surface area (Å²) in [6, 6.07) is -1.02. The van der Waals surface area contributed by atoms with E-state index in [1.54, 1.807) is 6.92 Å². The van der Waals surface area contributed by atoms with Gasteiger partial charge in [0, 0.05) is 6.04 Å². The van der Waals surface area contributed by atoms with Crippen LogP contribution in [0.5, 0.6) is 0 Å². The summed E-state index contributed by atoms with van der Waals surface area (Å²) in [6.07, 6.45) is 7.67. The number of carbonyl (C=O) groups excluding carboxylic acids is 3. The van der Waals surface area contributed by atoms with Gasteiger partial charge in [0.25, 0.3) is 5.91 Å². The summed E-state index contributed by atoms with van der Waals surface area (Å²) in [4.78, 5) is 38.7. The van der Waals surface area contributed by atoms with Crippen molar-refractivity contribution in [1.29, 1.82) is 0 Å². The van der Waals surface area contributed by atoms with Gasteiger partial charge in [-0.05, 0) is 38.5 Å². The number of amides is 4. The van der Waals surface area contributed by atoms with Crippen molar-refractivity contribution in [2.24, 2.45) is 5.92 Å². The van der Waals surface area contributed by atoms with Crippen LogP contribution in [0.25, 0.3) is 0 Å². The molecule has 6 nitrogen and oxygen atoms in total. The molecule has 3 aliphatic rings. The second-order valence-electron chi connectivity index (χ2n) is 7.45. The van der Waals surface area contributed by atoms with Crippen LogP contribution in [0.3, 0.4) is 0 Å². The van der Waals surface area contributed by atoms with E-state index in [1.807, 2.05) is 0 Å². The molecule has 0 radical (unpaired) electrons. The monoisotopic (exact) mass is 321 g/mol. The molecule has 128 valence electrons. The Morgan fingerprint density at radius 3 is 2.52 bits per heavy atom. The van der Waals surface area contributed by atoms with Gasteiger partial charge in [0.05, 0.1) is 0 Å². The molecule has 1 saturated heterocycles. The topological polar surface area (TPSA) is 78.5 Å². The van der Waals surface area contributed by atoms with Gasteiger partial charge in [-0.15, -0.1) is 0 Å². The van der Waals surface area contributed by atoms with E-state index in [9.17, 15) is 14.4 Å². The van der Waals surface area contributed by atoms with E-state index in [-0.39, 0.29) is 17.9 Å². The Balaban J connectivity index is 1.67. The lowest BCUT2D eigenvalue weighted by Gasteiger charge is -2.31. The number of nitrogens with one attached hydrogen (secondary N) is 2. The smallest absolute Gasteiger partial charge is 0.325 e. The average molecular weight is 321 g/mol. The van der Waals surface area contributed by atoms with E-state index >= 15 is 0 Å². The fourth-order valence-electron chi connectivity index (χ4n) is 4.26. The minimum Gasteiger partial charge on any atom is -0.351 e. The van der Waals surface area contributed by atoms with Crippen molar-refractivity contribution < 1.29 is 14.4 Å². The Morgan fingerprint density at radius 2 is 1.87 bits per heavy atom. The maximum Gasteiger partial charge on any atom is 0.325 e. The van der Waals surface area contributed by atoms with Gasteiger partial charge in [0.15, 0.2) is 0 Å². The second-order valence-corrected chi connectivity index (χ2v) is 7.45. The van der Waals surface area contributed by atoms with Crippen molar-refractivity contribution in [3.05, 3.63) is 0 Å². The lowest BCUT2D eigenvalue weighted by molar-refractivity contribution is -0.138. The van der Waals surface area contributed by atoms with E-state index in [2.05, 4.69) is 17.6 Å². The summed E-state index contributed by atoms with van der Waals surface area (Å²) < 4.78 is 0. The third-order valence-corrected chi connectivity index (χ3v) is 5.86. The summed E-state index contributed by atoms with van der Waals surface area (Å²) >= 11 is 0. The third-order valence-electron chi connectivity index (χ3n) is 5.86. The van der Waals surface area contributed by atoms with Crippen LogP contribution in [0, 0.1) is 5.92 Å². The molecule has 3 atom stereocenters. The first-order chi connectivity index (χ1) is 10.9. The van der Waals surface area contributed by atoms with E-state index in [0.29, 0.717) is 18.8 Å². The SMILES string of the molecule is CC1CCCCC1NC(=O)C(C)N1C(=O)NC2(CCCC2)C1=O. The lowest BCUT2D eigenvalue weighted by Crippen LogP contribution is -2.53. The van der Waals surface area contributed by atoms with Crippen LogP contribution < -0.4 is 10.6 Å². The maximum absolute atomic E-state index is 12.7. The molecule has 3 rings (SSSR count). The highest BCUT2D eigenvalue weighted by Gasteiger charge is 2.54. The van der Waals surface area contributed by atoms with Crippen molar-refractivity contribution in [2.75, 3.05) is 0 Å². The van der Waals surface area contributed by atoms with Crippen LogP contribution in [0.1, 0.15) is 65.2 Å². The van der Waals surface area contributed by atoms with Crippen LogP contribution in [0.2, 0.25) is 0 Å². The molecule has 1 heterocycles. The molecule has 0 bridgehead atoms. The first-order valence-corrected chi connectivity index (χ1v) is 8.91. The molecule has 1 aliphatic heterocycles. The molecule has 0 aromatic heterocycles. The minimum absolute atomic E-state index is 0.153. The van der Waals surface area contributed by atoms with Gasteiger partial charge < -0.3 is 10.6 Å². The van der Waals surface area contributed by atoms with Gasteiger partial charge in [0.1, 0.15) is 11.6 Å². The first kappa shape index (κ1) is 16.3.